The Morgan fingerprint density at radius 1 is 1.45 bits per heavy atom. The minimum Gasteiger partial charge on any atom is -0.376 e. The van der Waals surface area contributed by atoms with Gasteiger partial charge in [-0.1, -0.05) is 13.8 Å². The van der Waals surface area contributed by atoms with Crippen LogP contribution in [0.2, 0.25) is 0 Å². The highest BCUT2D eigenvalue weighted by Gasteiger charge is 2.22. The molecule has 1 aromatic rings. The monoisotopic (exact) mass is 277 g/mol. The number of rotatable bonds is 7. The van der Waals surface area contributed by atoms with Gasteiger partial charge in [-0.3, -0.25) is 4.98 Å². The van der Waals surface area contributed by atoms with E-state index in [4.69, 9.17) is 4.74 Å². The van der Waals surface area contributed by atoms with Crippen molar-refractivity contribution in [3.63, 3.8) is 0 Å². The van der Waals surface area contributed by atoms with Gasteiger partial charge in [0.05, 0.1) is 18.0 Å². The molecule has 1 N–H and O–H groups in total. The number of hydrogen-bond acceptors (Lipinski definition) is 4. The molecule has 1 saturated heterocycles. The van der Waals surface area contributed by atoms with Gasteiger partial charge in [-0.2, -0.15) is 0 Å². The second-order valence-corrected chi connectivity index (χ2v) is 5.37. The quantitative estimate of drug-likeness (QED) is 0.831. The van der Waals surface area contributed by atoms with E-state index in [0.29, 0.717) is 6.10 Å². The second-order valence-electron chi connectivity index (χ2n) is 5.37. The molecule has 4 nitrogen and oxygen atoms in total. The maximum atomic E-state index is 5.93. The highest BCUT2D eigenvalue weighted by Crippen LogP contribution is 2.24. The average molecular weight is 277 g/mol. The molecule has 1 atom stereocenters. The molecule has 0 aliphatic carbocycles. The standard InChI is InChI=1S/C16H27N3O/c1-3-10-20-15-6-5-9-19(13-15)16-12-18-8-7-14(16)11-17-4-2/h7-8,12,15,17H,3-6,9-11,13H2,1-2H3. The SMILES string of the molecule is CCCOC1CCCN(c2cnccc2CNCC)C1. The molecule has 1 aromatic heterocycles. The largest absolute Gasteiger partial charge is 0.376 e. The third-order valence-electron chi connectivity index (χ3n) is 3.73. The van der Waals surface area contributed by atoms with Crippen LogP contribution in [0.15, 0.2) is 18.5 Å². The molecule has 1 aliphatic heterocycles. The summed E-state index contributed by atoms with van der Waals surface area (Å²) in [5, 5.41) is 3.40. The molecule has 0 amide bonds. The Bertz CT molecular complexity index is 397. The number of nitrogens with one attached hydrogen (secondary N) is 1. The van der Waals surface area contributed by atoms with Crippen LogP contribution in [-0.2, 0) is 11.3 Å². The lowest BCUT2D eigenvalue weighted by Gasteiger charge is -2.35. The summed E-state index contributed by atoms with van der Waals surface area (Å²) in [4.78, 5) is 6.74. The fraction of sp³-hybridized carbons (Fsp3) is 0.688. The highest BCUT2D eigenvalue weighted by molar-refractivity contribution is 5.52. The predicted octanol–water partition coefficient (Wildman–Crippen LogP) is 2.59. The zero-order chi connectivity index (χ0) is 14.2. The lowest BCUT2D eigenvalue weighted by atomic mass is 10.1. The molecule has 1 unspecified atom stereocenters. The topological polar surface area (TPSA) is 37.4 Å². The van der Waals surface area contributed by atoms with Crippen LogP contribution in [0.4, 0.5) is 5.69 Å². The summed E-state index contributed by atoms with van der Waals surface area (Å²) in [7, 11) is 0. The normalized spacial score (nSPS) is 19.3. The molecule has 20 heavy (non-hydrogen) atoms. The van der Waals surface area contributed by atoms with Gasteiger partial charge in [0.1, 0.15) is 0 Å². The number of nitrogens with zero attached hydrogens (tertiary/aromatic N) is 2. The molecule has 112 valence electrons. The van der Waals surface area contributed by atoms with Gasteiger partial charge in [-0.15, -0.1) is 0 Å². The third kappa shape index (κ3) is 4.18. The van der Waals surface area contributed by atoms with Gasteiger partial charge in [0.2, 0.25) is 0 Å². The molecule has 0 bridgehead atoms. The Labute approximate surface area is 122 Å². The summed E-state index contributed by atoms with van der Waals surface area (Å²) >= 11 is 0. The molecular formula is C16H27N3O. The molecular weight excluding hydrogens is 250 g/mol. The Kier molecular flexibility index (Phi) is 6.27. The smallest absolute Gasteiger partial charge is 0.0750 e. The van der Waals surface area contributed by atoms with Crippen LogP contribution in [0.3, 0.4) is 0 Å². The third-order valence-corrected chi connectivity index (χ3v) is 3.73. The van der Waals surface area contributed by atoms with Crippen molar-refractivity contribution < 1.29 is 4.74 Å². The van der Waals surface area contributed by atoms with Crippen LogP contribution in [0, 0.1) is 0 Å². The summed E-state index contributed by atoms with van der Waals surface area (Å²) < 4.78 is 5.93. The van der Waals surface area contributed by atoms with Gasteiger partial charge in [-0.25, -0.2) is 0 Å². The van der Waals surface area contributed by atoms with Crippen LogP contribution in [0.5, 0.6) is 0 Å². The van der Waals surface area contributed by atoms with Crippen LogP contribution < -0.4 is 10.2 Å². The first-order valence-electron chi connectivity index (χ1n) is 7.85. The highest BCUT2D eigenvalue weighted by atomic mass is 16.5. The molecule has 0 spiro atoms. The zero-order valence-corrected chi connectivity index (χ0v) is 12.8. The maximum absolute atomic E-state index is 5.93. The molecule has 2 rings (SSSR count). The van der Waals surface area contributed by atoms with Gasteiger partial charge < -0.3 is 15.0 Å². The van der Waals surface area contributed by atoms with E-state index in [1.54, 1.807) is 0 Å². The van der Waals surface area contributed by atoms with E-state index in [0.717, 1.165) is 39.2 Å². The maximum Gasteiger partial charge on any atom is 0.0750 e. The first-order valence-corrected chi connectivity index (χ1v) is 7.85. The van der Waals surface area contributed by atoms with Gasteiger partial charge in [0.15, 0.2) is 0 Å². The number of hydrogen-bond donors (Lipinski definition) is 1. The first-order chi connectivity index (χ1) is 9.85. The van der Waals surface area contributed by atoms with Crippen molar-refractivity contribution in [2.45, 2.75) is 45.8 Å². The molecule has 2 heterocycles. The summed E-state index contributed by atoms with van der Waals surface area (Å²) in [6, 6.07) is 2.12. The van der Waals surface area contributed by atoms with E-state index in [1.165, 1.54) is 24.1 Å². The van der Waals surface area contributed by atoms with E-state index >= 15 is 0 Å². The second kappa shape index (κ2) is 8.22. The molecule has 0 radical (unpaired) electrons. The van der Waals surface area contributed by atoms with Crippen LogP contribution in [-0.4, -0.2) is 37.3 Å². The van der Waals surface area contributed by atoms with Crippen molar-refractivity contribution in [3.05, 3.63) is 24.0 Å². The van der Waals surface area contributed by atoms with Crippen molar-refractivity contribution in [2.75, 3.05) is 31.1 Å². The summed E-state index contributed by atoms with van der Waals surface area (Å²) in [5.41, 5.74) is 2.59. The number of ether oxygens (including phenoxy) is 1. The van der Waals surface area contributed by atoms with Crippen molar-refractivity contribution in [2.24, 2.45) is 0 Å². The van der Waals surface area contributed by atoms with Crippen molar-refractivity contribution >= 4 is 5.69 Å². The van der Waals surface area contributed by atoms with Gasteiger partial charge >= 0.3 is 0 Å². The van der Waals surface area contributed by atoms with Crippen molar-refractivity contribution in [3.8, 4) is 0 Å². The Morgan fingerprint density at radius 2 is 2.35 bits per heavy atom. The van der Waals surface area contributed by atoms with Crippen LogP contribution in [0.25, 0.3) is 0 Å². The first kappa shape index (κ1) is 15.3. The van der Waals surface area contributed by atoms with E-state index in [1.807, 2.05) is 12.4 Å². The molecule has 4 heteroatoms. The Hall–Kier alpha value is -1.13. The lowest BCUT2D eigenvalue weighted by molar-refractivity contribution is 0.0440. The Morgan fingerprint density at radius 3 is 3.15 bits per heavy atom. The molecule has 1 aliphatic rings. The average Bonchev–Trinajstić information content (AvgIpc) is 2.51. The molecule has 0 aromatic carbocycles. The summed E-state index contributed by atoms with van der Waals surface area (Å²) in [6.45, 7) is 9.17. The lowest BCUT2D eigenvalue weighted by Crippen LogP contribution is -2.40. The van der Waals surface area contributed by atoms with Crippen molar-refractivity contribution in [1.29, 1.82) is 0 Å². The minimum atomic E-state index is 0.371. The number of pyridine rings is 1. The van der Waals surface area contributed by atoms with E-state index < -0.39 is 0 Å². The fourth-order valence-electron chi connectivity index (χ4n) is 2.69. The molecule has 0 saturated carbocycles. The summed E-state index contributed by atoms with van der Waals surface area (Å²) in [6.07, 6.45) is 7.72. The van der Waals surface area contributed by atoms with Crippen LogP contribution in [0.1, 0.15) is 38.7 Å². The predicted molar refractivity (Wildman–Crippen MR) is 83.1 cm³/mol. The van der Waals surface area contributed by atoms with Gasteiger partial charge in [-0.05, 0) is 37.4 Å². The summed E-state index contributed by atoms with van der Waals surface area (Å²) in [5.74, 6) is 0. The number of aromatic nitrogens is 1. The fourth-order valence-corrected chi connectivity index (χ4v) is 2.69. The van der Waals surface area contributed by atoms with Crippen LogP contribution >= 0.6 is 0 Å². The number of anilines is 1. The van der Waals surface area contributed by atoms with E-state index in [2.05, 4.69) is 35.1 Å². The van der Waals surface area contributed by atoms with E-state index in [9.17, 15) is 0 Å². The van der Waals surface area contributed by atoms with Gasteiger partial charge in [0.25, 0.3) is 0 Å². The number of piperidine rings is 1. The molecule has 1 fully saturated rings. The van der Waals surface area contributed by atoms with E-state index in [-0.39, 0.29) is 0 Å². The zero-order valence-electron chi connectivity index (χ0n) is 12.8. The Balaban J connectivity index is 2.02. The van der Waals surface area contributed by atoms with Gasteiger partial charge in [0, 0.05) is 32.4 Å². The van der Waals surface area contributed by atoms with Crippen molar-refractivity contribution in [1.82, 2.24) is 10.3 Å². The minimum absolute atomic E-state index is 0.371.